The van der Waals surface area contributed by atoms with Crippen molar-refractivity contribution < 1.29 is 19.7 Å². The summed E-state index contributed by atoms with van der Waals surface area (Å²) >= 11 is 0. The van der Waals surface area contributed by atoms with Crippen molar-refractivity contribution in [3.8, 4) is 34.1 Å². The number of hydrogen-bond acceptors (Lipinski definition) is 5. The summed E-state index contributed by atoms with van der Waals surface area (Å²) < 4.78 is 10.6. The fourth-order valence-corrected chi connectivity index (χ4v) is 3.80. The van der Waals surface area contributed by atoms with E-state index in [1.807, 2.05) is 12.1 Å². The van der Waals surface area contributed by atoms with Crippen LogP contribution < -0.4 is 14.8 Å². The van der Waals surface area contributed by atoms with Gasteiger partial charge in [-0.1, -0.05) is 0 Å². The standard InChI is InChI=1S/C18H19NO4/c1-22-14-7-10-5-12-16-9(3-4-19-12)6-15(23-2)18(21)17(16)11(10)8-13(14)20/h6-8,12,19-21H,3-5H2,1-2H3/t12-/m0/s1. The van der Waals surface area contributed by atoms with Gasteiger partial charge in [-0.2, -0.15) is 0 Å². The van der Waals surface area contributed by atoms with Crippen LogP contribution in [0, 0.1) is 0 Å². The molecule has 0 amide bonds. The molecule has 120 valence electrons. The second-order valence-electron chi connectivity index (χ2n) is 6.02. The van der Waals surface area contributed by atoms with E-state index in [-0.39, 0.29) is 17.5 Å². The average Bonchev–Trinajstić information content (AvgIpc) is 2.56. The van der Waals surface area contributed by atoms with Crippen LogP contribution in [-0.4, -0.2) is 31.0 Å². The summed E-state index contributed by atoms with van der Waals surface area (Å²) in [6.45, 7) is 0.898. The van der Waals surface area contributed by atoms with Crippen molar-refractivity contribution in [2.45, 2.75) is 18.9 Å². The van der Waals surface area contributed by atoms with Crippen LogP contribution in [0.2, 0.25) is 0 Å². The van der Waals surface area contributed by atoms with Gasteiger partial charge in [-0.3, -0.25) is 0 Å². The van der Waals surface area contributed by atoms with Gasteiger partial charge >= 0.3 is 0 Å². The third-order valence-corrected chi connectivity index (χ3v) is 4.84. The van der Waals surface area contributed by atoms with Crippen LogP contribution in [0.15, 0.2) is 18.2 Å². The zero-order valence-electron chi connectivity index (χ0n) is 13.1. The normalized spacial score (nSPS) is 18.1. The predicted octanol–water partition coefficient (Wildman–Crippen LogP) is 2.52. The summed E-state index contributed by atoms with van der Waals surface area (Å²) in [5.41, 5.74) is 4.96. The van der Waals surface area contributed by atoms with E-state index in [1.54, 1.807) is 13.2 Å². The molecule has 0 spiro atoms. The Morgan fingerprint density at radius 2 is 1.78 bits per heavy atom. The van der Waals surface area contributed by atoms with Gasteiger partial charge in [-0.25, -0.2) is 0 Å². The van der Waals surface area contributed by atoms with E-state index in [2.05, 4.69) is 5.32 Å². The number of rotatable bonds is 2. The number of phenols is 2. The molecular formula is C18H19NO4. The molecule has 1 atom stereocenters. The highest BCUT2D eigenvalue weighted by Crippen LogP contribution is 2.51. The van der Waals surface area contributed by atoms with E-state index >= 15 is 0 Å². The van der Waals surface area contributed by atoms with Crippen LogP contribution in [0.25, 0.3) is 11.1 Å². The minimum absolute atomic E-state index is 0.0736. The van der Waals surface area contributed by atoms with E-state index in [9.17, 15) is 10.2 Å². The summed E-state index contributed by atoms with van der Waals surface area (Å²) in [4.78, 5) is 0. The Hall–Kier alpha value is -2.40. The summed E-state index contributed by atoms with van der Waals surface area (Å²) in [5.74, 6) is 1.13. The van der Waals surface area contributed by atoms with Crippen LogP contribution in [-0.2, 0) is 12.8 Å². The maximum absolute atomic E-state index is 10.7. The largest absolute Gasteiger partial charge is 0.504 e. The fourth-order valence-electron chi connectivity index (χ4n) is 3.80. The highest BCUT2D eigenvalue weighted by Gasteiger charge is 2.33. The van der Waals surface area contributed by atoms with Crippen molar-refractivity contribution in [3.05, 3.63) is 34.9 Å². The molecule has 1 aliphatic heterocycles. The molecule has 0 radical (unpaired) electrons. The second-order valence-corrected chi connectivity index (χ2v) is 6.02. The van der Waals surface area contributed by atoms with Crippen LogP contribution in [0.5, 0.6) is 23.0 Å². The molecule has 1 aliphatic carbocycles. The lowest BCUT2D eigenvalue weighted by Crippen LogP contribution is -2.33. The van der Waals surface area contributed by atoms with E-state index in [0.29, 0.717) is 11.5 Å². The smallest absolute Gasteiger partial charge is 0.166 e. The maximum atomic E-state index is 10.7. The van der Waals surface area contributed by atoms with Crippen molar-refractivity contribution in [2.75, 3.05) is 20.8 Å². The SMILES string of the molecule is COc1cc2c(cc1O)-c1c(O)c(OC)cc3c1[C@H](C2)NCC3. The van der Waals surface area contributed by atoms with Crippen molar-refractivity contribution in [1.29, 1.82) is 0 Å². The van der Waals surface area contributed by atoms with Gasteiger partial charge in [0.1, 0.15) is 0 Å². The predicted molar refractivity (Wildman–Crippen MR) is 86.5 cm³/mol. The first-order chi connectivity index (χ1) is 11.1. The molecule has 0 bridgehead atoms. The molecule has 0 saturated heterocycles. The zero-order chi connectivity index (χ0) is 16.1. The molecule has 4 rings (SSSR count). The Morgan fingerprint density at radius 3 is 2.52 bits per heavy atom. The lowest BCUT2D eigenvalue weighted by atomic mass is 9.77. The highest BCUT2D eigenvalue weighted by atomic mass is 16.5. The molecule has 3 N–H and O–H groups in total. The topological polar surface area (TPSA) is 71.0 Å². The average molecular weight is 313 g/mol. The number of phenolic OH excluding ortho intramolecular Hbond substituents is 2. The monoisotopic (exact) mass is 313 g/mol. The molecule has 0 fully saturated rings. The lowest BCUT2D eigenvalue weighted by Gasteiger charge is -2.35. The molecule has 1 heterocycles. The number of fused-ring (bicyclic) bond motifs is 2. The molecule has 2 aromatic rings. The third kappa shape index (κ3) is 1.96. The van der Waals surface area contributed by atoms with Crippen molar-refractivity contribution in [3.63, 3.8) is 0 Å². The minimum Gasteiger partial charge on any atom is -0.504 e. The number of benzene rings is 2. The molecule has 0 unspecified atom stereocenters. The summed E-state index contributed by atoms with van der Waals surface area (Å²) in [7, 11) is 3.09. The Labute approximate surface area is 134 Å². The molecule has 5 heteroatoms. The Kier molecular flexibility index (Phi) is 3.13. The first-order valence-electron chi connectivity index (χ1n) is 7.70. The van der Waals surface area contributed by atoms with Crippen molar-refractivity contribution in [2.24, 2.45) is 0 Å². The third-order valence-electron chi connectivity index (χ3n) is 4.84. The first kappa shape index (κ1) is 14.2. The second kappa shape index (κ2) is 5.06. The van der Waals surface area contributed by atoms with Crippen LogP contribution in [0.3, 0.4) is 0 Å². The molecule has 23 heavy (non-hydrogen) atoms. The number of ether oxygens (including phenoxy) is 2. The van der Waals surface area contributed by atoms with Gasteiger partial charge in [0.05, 0.1) is 14.2 Å². The van der Waals surface area contributed by atoms with Gasteiger partial charge < -0.3 is 25.0 Å². The molecule has 5 nitrogen and oxygen atoms in total. The molecule has 0 saturated carbocycles. The van der Waals surface area contributed by atoms with E-state index < -0.39 is 0 Å². The quantitative estimate of drug-likeness (QED) is 0.795. The molecule has 2 aliphatic rings. The summed E-state index contributed by atoms with van der Waals surface area (Å²) in [6.07, 6.45) is 1.70. The van der Waals surface area contributed by atoms with E-state index in [1.165, 1.54) is 12.7 Å². The Morgan fingerprint density at radius 1 is 1.04 bits per heavy atom. The van der Waals surface area contributed by atoms with Crippen molar-refractivity contribution in [1.82, 2.24) is 5.32 Å². The van der Waals surface area contributed by atoms with E-state index in [4.69, 9.17) is 9.47 Å². The van der Waals surface area contributed by atoms with Crippen LogP contribution in [0.1, 0.15) is 22.7 Å². The highest BCUT2D eigenvalue weighted by molar-refractivity contribution is 5.84. The number of aromatic hydroxyl groups is 2. The fraction of sp³-hybridized carbons (Fsp3) is 0.333. The summed E-state index contributed by atoms with van der Waals surface area (Å²) in [6, 6.07) is 5.61. The zero-order valence-corrected chi connectivity index (χ0v) is 13.1. The van der Waals surface area contributed by atoms with Gasteiger partial charge in [0.2, 0.25) is 0 Å². The summed E-state index contributed by atoms with van der Waals surface area (Å²) in [5, 5.41) is 24.4. The van der Waals surface area contributed by atoms with Gasteiger partial charge in [0, 0.05) is 11.6 Å². The van der Waals surface area contributed by atoms with Crippen LogP contribution >= 0.6 is 0 Å². The Balaban J connectivity index is 2.05. The number of methoxy groups -OCH3 is 2. The van der Waals surface area contributed by atoms with Gasteiger partial charge in [0.15, 0.2) is 23.0 Å². The van der Waals surface area contributed by atoms with Gasteiger partial charge in [-0.15, -0.1) is 0 Å². The van der Waals surface area contributed by atoms with Crippen molar-refractivity contribution >= 4 is 0 Å². The van der Waals surface area contributed by atoms with E-state index in [0.717, 1.165) is 41.6 Å². The maximum Gasteiger partial charge on any atom is 0.166 e. The minimum atomic E-state index is 0.0736. The number of hydrogen-bond donors (Lipinski definition) is 3. The molecule has 2 aromatic carbocycles. The van der Waals surface area contributed by atoms with Gasteiger partial charge in [-0.05, 0) is 59.8 Å². The number of nitrogens with one attached hydrogen (secondary N) is 1. The lowest BCUT2D eigenvalue weighted by molar-refractivity contribution is 0.368. The van der Waals surface area contributed by atoms with Gasteiger partial charge in [0.25, 0.3) is 0 Å². The first-order valence-corrected chi connectivity index (χ1v) is 7.70. The molecule has 0 aromatic heterocycles. The molecular weight excluding hydrogens is 294 g/mol. The Bertz CT molecular complexity index is 800. The van der Waals surface area contributed by atoms with Crippen LogP contribution in [0.4, 0.5) is 0 Å².